The van der Waals surface area contributed by atoms with Crippen molar-refractivity contribution in [2.45, 2.75) is 37.9 Å². The number of rotatable bonds is 6. The second-order valence-corrected chi connectivity index (χ2v) is 8.20. The van der Waals surface area contributed by atoms with Gasteiger partial charge in [-0.2, -0.15) is 13.2 Å². The molecule has 176 valence electrons. The Bertz CT molecular complexity index is 1040. The molecule has 1 saturated heterocycles. The van der Waals surface area contributed by atoms with Gasteiger partial charge in [-0.25, -0.2) is 9.97 Å². The van der Waals surface area contributed by atoms with Gasteiger partial charge >= 0.3 is 6.18 Å². The molecule has 2 aromatic heterocycles. The highest BCUT2D eigenvalue weighted by Gasteiger charge is 2.33. The van der Waals surface area contributed by atoms with Crippen molar-refractivity contribution in [2.24, 2.45) is 5.92 Å². The average molecular weight is 463 g/mol. The maximum absolute atomic E-state index is 13.0. The Morgan fingerprint density at radius 1 is 1.18 bits per heavy atom. The van der Waals surface area contributed by atoms with E-state index < -0.39 is 11.7 Å². The zero-order chi connectivity index (χ0) is 23.6. The quantitative estimate of drug-likeness (QED) is 0.683. The molecule has 0 radical (unpaired) electrons. The van der Waals surface area contributed by atoms with Gasteiger partial charge in [0.25, 0.3) is 5.91 Å². The summed E-state index contributed by atoms with van der Waals surface area (Å²) in [5, 5.41) is 5.67. The standard InChI is InChI=1S/C22H24F3N5O3/c1-33-17-10-15(22(23,24)25)11-27-19(17)30-8-2-3-16(12-30)28-21(32)14-6-7-26-18(9-14)29-20(31)13-4-5-13/h6-7,9-11,13,16H,2-5,8,12H2,1H3,(H,28,32)(H,26,29,31)/t16-/m1/s1. The topological polar surface area (TPSA) is 96.4 Å². The lowest BCUT2D eigenvalue weighted by molar-refractivity contribution is -0.137. The van der Waals surface area contributed by atoms with Crippen molar-refractivity contribution in [3.8, 4) is 5.75 Å². The van der Waals surface area contributed by atoms with E-state index in [2.05, 4.69) is 20.6 Å². The number of nitrogens with one attached hydrogen (secondary N) is 2. The lowest BCUT2D eigenvalue weighted by Crippen LogP contribution is -2.48. The number of halogens is 3. The van der Waals surface area contributed by atoms with Crippen LogP contribution in [0.15, 0.2) is 30.6 Å². The SMILES string of the molecule is COc1cc(C(F)(F)F)cnc1N1CCC[C@@H](NC(=O)c2ccnc(NC(=O)C3CC3)c2)C1. The first-order chi connectivity index (χ1) is 15.7. The van der Waals surface area contributed by atoms with Crippen LogP contribution in [-0.2, 0) is 11.0 Å². The summed E-state index contributed by atoms with van der Waals surface area (Å²) in [6.45, 7) is 0.949. The monoisotopic (exact) mass is 463 g/mol. The number of pyridine rings is 2. The first kappa shape index (κ1) is 22.8. The number of methoxy groups -OCH3 is 1. The van der Waals surface area contributed by atoms with Gasteiger partial charge in [-0.1, -0.05) is 0 Å². The van der Waals surface area contributed by atoms with Gasteiger partial charge in [-0.3, -0.25) is 9.59 Å². The third kappa shape index (κ3) is 5.52. The van der Waals surface area contributed by atoms with E-state index in [0.717, 1.165) is 31.5 Å². The van der Waals surface area contributed by atoms with Crippen molar-refractivity contribution in [1.82, 2.24) is 15.3 Å². The van der Waals surface area contributed by atoms with E-state index in [0.29, 0.717) is 36.7 Å². The smallest absolute Gasteiger partial charge is 0.418 e. The largest absolute Gasteiger partial charge is 0.493 e. The molecule has 4 rings (SSSR count). The van der Waals surface area contributed by atoms with Crippen LogP contribution in [0, 0.1) is 5.92 Å². The Kier molecular flexibility index (Phi) is 6.39. The van der Waals surface area contributed by atoms with Crippen LogP contribution in [0.3, 0.4) is 0 Å². The highest BCUT2D eigenvalue weighted by molar-refractivity contribution is 5.97. The summed E-state index contributed by atoms with van der Waals surface area (Å²) < 4.78 is 44.2. The summed E-state index contributed by atoms with van der Waals surface area (Å²) in [5.41, 5.74) is -0.523. The number of anilines is 2. The first-order valence-corrected chi connectivity index (χ1v) is 10.7. The molecule has 2 N–H and O–H groups in total. The maximum atomic E-state index is 13.0. The van der Waals surface area contributed by atoms with E-state index in [1.807, 2.05) is 0 Å². The third-order valence-corrected chi connectivity index (χ3v) is 5.66. The summed E-state index contributed by atoms with van der Waals surface area (Å²) in [5.74, 6) is 0.261. The molecule has 11 heteroatoms. The number of nitrogens with zero attached hydrogens (tertiary/aromatic N) is 3. The molecular formula is C22H24F3N5O3. The number of hydrogen-bond acceptors (Lipinski definition) is 6. The van der Waals surface area contributed by atoms with Crippen molar-refractivity contribution in [2.75, 3.05) is 30.4 Å². The normalized spacial score (nSPS) is 18.5. The number of carbonyl (C=O) groups is 2. The molecule has 2 fully saturated rings. The maximum Gasteiger partial charge on any atom is 0.418 e. The molecule has 0 unspecified atom stereocenters. The van der Waals surface area contributed by atoms with Gasteiger partial charge in [0, 0.05) is 43.0 Å². The van der Waals surface area contributed by atoms with E-state index in [1.165, 1.54) is 19.4 Å². The van der Waals surface area contributed by atoms with E-state index in [9.17, 15) is 22.8 Å². The van der Waals surface area contributed by atoms with E-state index in [4.69, 9.17) is 4.74 Å². The first-order valence-electron chi connectivity index (χ1n) is 10.7. The molecule has 1 aliphatic carbocycles. The van der Waals surface area contributed by atoms with Crippen LogP contribution in [0.2, 0.25) is 0 Å². The van der Waals surface area contributed by atoms with Crippen LogP contribution in [0.1, 0.15) is 41.6 Å². The highest BCUT2D eigenvalue weighted by Crippen LogP contribution is 2.35. The lowest BCUT2D eigenvalue weighted by Gasteiger charge is -2.34. The number of hydrogen-bond donors (Lipinski definition) is 2. The van der Waals surface area contributed by atoms with Gasteiger partial charge < -0.3 is 20.3 Å². The second-order valence-electron chi connectivity index (χ2n) is 8.20. The predicted molar refractivity (Wildman–Crippen MR) is 114 cm³/mol. The second kappa shape index (κ2) is 9.24. The van der Waals surface area contributed by atoms with Gasteiger partial charge in [-0.15, -0.1) is 0 Å². The Morgan fingerprint density at radius 2 is 1.97 bits per heavy atom. The van der Waals surface area contributed by atoms with Crippen LogP contribution < -0.4 is 20.3 Å². The number of alkyl halides is 3. The molecule has 0 bridgehead atoms. The summed E-state index contributed by atoms with van der Waals surface area (Å²) in [6.07, 6.45) is 0.887. The lowest BCUT2D eigenvalue weighted by atomic mass is 10.0. The predicted octanol–water partition coefficient (Wildman–Crippen LogP) is 3.25. The van der Waals surface area contributed by atoms with Crippen molar-refractivity contribution < 1.29 is 27.5 Å². The van der Waals surface area contributed by atoms with Gasteiger partial charge in [0.2, 0.25) is 5.91 Å². The van der Waals surface area contributed by atoms with Crippen molar-refractivity contribution >= 4 is 23.5 Å². The van der Waals surface area contributed by atoms with Gasteiger partial charge in [0.1, 0.15) is 5.82 Å². The summed E-state index contributed by atoms with van der Waals surface area (Å²) in [6, 6.07) is 3.77. The molecule has 2 aliphatic rings. The fourth-order valence-corrected chi connectivity index (χ4v) is 3.75. The summed E-state index contributed by atoms with van der Waals surface area (Å²) in [7, 11) is 1.30. The number of amides is 2. The fraction of sp³-hybridized carbons (Fsp3) is 0.455. The number of piperidine rings is 1. The van der Waals surface area contributed by atoms with E-state index >= 15 is 0 Å². The van der Waals surface area contributed by atoms with E-state index in [1.54, 1.807) is 11.0 Å². The molecule has 1 saturated carbocycles. The average Bonchev–Trinajstić information content (AvgIpc) is 3.64. The van der Waals surface area contributed by atoms with Gasteiger partial charge in [-0.05, 0) is 43.9 Å². The molecule has 3 heterocycles. The zero-order valence-electron chi connectivity index (χ0n) is 18.0. The molecule has 2 amide bonds. The minimum atomic E-state index is -4.52. The molecular weight excluding hydrogens is 439 g/mol. The van der Waals surface area contributed by atoms with Gasteiger partial charge in [0.15, 0.2) is 11.6 Å². The van der Waals surface area contributed by atoms with Crippen LogP contribution in [-0.4, -0.2) is 48.0 Å². The molecule has 33 heavy (non-hydrogen) atoms. The van der Waals surface area contributed by atoms with Crippen LogP contribution in [0.5, 0.6) is 5.75 Å². The Labute approximate surface area is 188 Å². The Balaban J connectivity index is 1.42. The number of aromatic nitrogens is 2. The number of carbonyl (C=O) groups excluding carboxylic acids is 2. The minimum Gasteiger partial charge on any atom is -0.493 e. The summed E-state index contributed by atoms with van der Waals surface area (Å²) >= 11 is 0. The van der Waals surface area contributed by atoms with Crippen LogP contribution in [0.4, 0.5) is 24.8 Å². The fourth-order valence-electron chi connectivity index (χ4n) is 3.75. The molecule has 0 aromatic carbocycles. The van der Waals surface area contributed by atoms with E-state index in [-0.39, 0.29) is 29.5 Å². The van der Waals surface area contributed by atoms with Gasteiger partial charge in [0.05, 0.1) is 12.7 Å². The number of ether oxygens (including phenoxy) is 1. The zero-order valence-corrected chi connectivity index (χ0v) is 18.0. The molecule has 1 aliphatic heterocycles. The Hall–Kier alpha value is -3.37. The van der Waals surface area contributed by atoms with Crippen molar-refractivity contribution in [3.63, 3.8) is 0 Å². The third-order valence-electron chi connectivity index (χ3n) is 5.66. The highest BCUT2D eigenvalue weighted by atomic mass is 19.4. The van der Waals surface area contributed by atoms with Crippen LogP contribution >= 0.6 is 0 Å². The minimum absolute atomic E-state index is 0.0216. The molecule has 8 nitrogen and oxygen atoms in total. The summed E-state index contributed by atoms with van der Waals surface area (Å²) in [4.78, 5) is 34.6. The van der Waals surface area contributed by atoms with Crippen molar-refractivity contribution in [1.29, 1.82) is 0 Å². The Morgan fingerprint density at radius 3 is 2.67 bits per heavy atom. The molecule has 2 aromatic rings. The molecule has 1 atom stereocenters. The molecule has 0 spiro atoms. The van der Waals surface area contributed by atoms with Crippen LogP contribution in [0.25, 0.3) is 0 Å². The van der Waals surface area contributed by atoms with Crippen molar-refractivity contribution in [3.05, 3.63) is 41.7 Å².